The Labute approximate surface area is 85.0 Å². The van der Waals surface area contributed by atoms with Crippen LogP contribution in [0.25, 0.3) is 0 Å². The van der Waals surface area contributed by atoms with Gasteiger partial charge in [-0.1, -0.05) is 42.0 Å². The van der Waals surface area contributed by atoms with Crippen LogP contribution in [0.1, 0.15) is 25.7 Å². The lowest BCUT2D eigenvalue weighted by molar-refractivity contribution is 0.749. The molecule has 0 unspecified atom stereocenters. The van der Waals surface area contributed by atoms with Crippen LogP contribution in [-0.4, -0.2) is 0 Å². The summed E-state index contributed by atoms with van der Waals surface area (Å²) >= 11 is 0. The van der Waals surface area contributed by atoms with Crippen molar-refractivity contribution in [3.05, 3.63) is 58.7 Å². The lowest BCUT2D eigenvalue weighted by atomic mass is 9.79. The van der Waals surface area contributed by atoms with Crippen LogP contribution < -0.4 is 0 Å². The average molecular weight is 182 g/mol. The predicted octanol–water partition coefficient (Wildman–Crippen LogP) is 3.85. The van der Waals surface area contributed by atoms with E-state index in [9.17, 15) is 0 Å². The van der Waals surface area contributed by atoms with Crippen molar-refractivity contribution >= 4 is 0 Å². The summed E-state index contributed by atoms with van der Waals surface area (Å²) in [4.78, 5) is 0. The molecule has 0 aliphatic heterocycles. The molecule has 0 amide bonds. The van der Waals surface area contributed by atoms with E-state index >= 15 is 0 Å². The molecule has 0 fully saturated rings. The molecule has 3 rings (SSSR count). The summed E-state index contributed by atoms with van der Waals surface area (Å²) in [6.07, 6.45) is 18.5. The van der Waals surface area contributed by atoms with Crippen molar-refractivity contribution in [3.63, 3.8) is 0 Å². The van der Waals surface area contributed by atoms with E-state index in [0.29, 0.717) is 0 Å². The molecule has 0 nitrogen and oxygen atoms in total. The molecule has 0 bridgehead atoms. The van der Waals surface area contributed by atoms with Crippen LogP contribution in [0.15, 0.2) is 58.7 Å². The van der Waals surface area contributed by atoms with Gasteiger partial charge in [0.2, 0.25) is 0 Å². The second-order valence-electron chi connectivity index (χ2n) is 4.14. The highest BCUT2D eigenvalue weighted by Crippen LogP contribution is 2.39. The maximum absolute atomic E-state index is 2.30. The maximum Gasteiger partial charge on any atom is -0.0126 e. The van der Waals surface area contributed by atoms with Gasteiger partial charge in [-0.05, 0) is 42.4 Å². The summed E-state index contributed by atoms with van der Waals surface area (Å²) in [5.74, 6) is 0. The predicted molar refractivity (Wildman–Crippen MR) is 59.9 cm³/mol. The standard InChI is InChI=1S/C14H14/c1-2-6-12-8-4-10-13-9-3-7-11(5-1)14(12)13/h1-3,5-7H,4,8-10H2. The fourth-order valence-electron chi connectivity index (χ4n) is 2.61. The number of hydrogen-bond acceptors (Lipinski definition) is 0. The van der Waals surface area contributed by atoms with Crippen LogP contribution in [-0.2, 0) is 0 Å². The Morgan fingerprint density at radius 3 is 2.93 bits per heavy atom. The minimum Gasteiger partial charge on any atom is -0.0798 e. The topological polar surface area (TPSA) is 0 Å². The number of allylic oxidation sites excluding steroid dienone is 10. The first-order valence-electron chi connectivity index (χ1n) is 5.42. The van der Waals surface area contributed by atoms with Crippen LogP contribution in [0, 0.1) is 0 Å². The minimum atomic E-state index is 1.17. The first-order chi connectivity index (χ1) is 6.95. The molecule has 70 valence electrons. The van der Waals surface area contributed by atoms with Crippen molar-refractivity contribution in [2.45, 2.75) is 25.7 Å². The molecule has 0 aromatic heterocycles. The average Bonchev–Trinajstić information content (AvgIpc) is 2.44. The van der Waals surface area contributed by atoms with E-state index in [1.54, 1.807) is 16.7 Å². The highest BCUT2D eigenvalue weighted by Gasteiger charge is 2.20. The zero-order chi connectivity index (χ0) is 9.38. The van der Waals surface area contributed by atoms with E-state index in [1.165, 1.54) is 31.3 Å². The zero-order valence-corrected chi connectivity index (χ0v) is 8.29. The third kappa shape index (κ3) is 1.14. The minimum absolute atomic E-state index is 1.17. The Morgan fingerprint density at radius 1 is 1.00 bits per heavy atom. The summed E-state index contributed by atoms with van der Waals surface area (Å²) in [6, 6.07) is 0. The lowest BCUT2D eigenvalue weighted by Crippen LogP contribution is -2.07. The molecule has 3 aliphatic carbocycles. The van der Waals surface area contributed by atoms with E-state index in [4.69, 9.17) is 0 Å². The maximum atomic E-state index is 2.30. The largest absolute Gasteiger partial charge is 0.0798 e. The zero-order valence-electron chi connectivity index (χ0n) is 8.29. The Morgan fingerprint density at radius 2 is 1.93 bits per heavy atom. The Kier molecular flexibility index (Phi) is 1.80. The van der Waals surface area contributed by atoms with E-state index in [0.717, 1.165) is 0 Å². The molecule has 0 atom stereocenters. The van der Waals surface area contributed by atoms with Gasteiger partial charge in [-0.2, -0.15) is 0 Å². The normalized spacial score (nSPS) is 24.0. The third-order valence-corrected chi connectivity index (χ3v) is 3.23. The fraction of sp³-hybridized carbons (Fsp3) is 0.286. The van der Waals surface area contributed by atoms with Gasteiger partial charge in [0.25, 0.3) is 0 Å². The van der Waals surface area contributed by atoms with E-state index < -0.39 is 0 Å². The molecule has 0 heterocycles. The van der Waals surface area contributed by atoms with Gasteiger partial charge in [-0.15, -0.1) is 0 Å². The van der Waals surface area contributed by atoms with Crippen molar-refractivity contribution in [1.29, 1.82) is 0 Å². The molecular formula is C14H14. The molecule has 0 spiro atoms. The third-order valence-electron chi connectivity index (χ3n) is 3.23. The molecule has 0 aromatic carbocycles. The van der Waals surface area contributed by atoms with Gasteiger partial charge >= 0.3 is 0 Å². The van der Waals surface area contributed by atoms with Gasteiger partial charge in [0.15, 0.2) is 0 Å². The molecule has 0 radical (unpaired) electrons. The SMILES string of the molecule is C1=CC=C2CCCC3=C2C(=C1)C=CC3. The summed E-state index contributed by atoms with van der Waals surface area (Å²) in [5, 5.41) is 0. The van der Waals surface area contributed by atoms with Gasteiger partial charge in [-0.3, -0.25) is 0 Å². The van der Waals surface area contributed by atoms with E-state index in [1.807, 2.05) is 0 Å². The summed E-state index contributed by atoms with van der Waals surface area (Å²) < 4.78 is 0. The highest BCUT2D eigenvalue weighted by molar-refractivity contribution is 5.61. The molecule has 0 heteroatoms. The Bertz CT molecular complexity index is 411. The molecule has 14 heavy (non-hydrogen) atoms. The van der Waals surface area contributed by atoms with Crippen LogP contribution >= 0.6 is 0 Å². The van der Waals surface area contributed by atoms with Gasteiger partial charge < -0.3 is 0 Å². The van der Waals surface area contributed by atoms with Gasteiger partial charge in [-0.25, -0.2) is 0 Å². The van der Waals surface area contributed by atoms with Crippen molar-refractivity contribution in [2.24, 2.45) is 0 Å². The summed E-state index contributed by atoms with van der Waals surface area (Å²) in [6.45, 7) is 0. The van der Waals surface area contributed by atoms with Gasteiger partial charge in [0, 0.05) is 0 Å². The van der Waals surface area contributed by atoms with Crippen LogP contribution in [0.3, 0.4) is 0 Å². The van der Waals surface area contributed by atoms with Crippen LogP contribution in [0.2, 0.25) is 0 Å². The molecule has 0 saturated carbocycles. The monoisotopic (exact) mass is 182 g/mol. The van der Waals surface area contributed by atoms with Crippen molar-refractivity contribution in [1.82, 2.24) is 0 Å². The number of rotatable bonds is 0. The molecule has 3 aliphatic rings. The van der Waals surface area contributed by atoms with Crippen LogP contribution in [0.4, 0.5) is 0 Å². The fourth-order valence-corrected chi connectivity index (χ4v) is 2.61. The van der Waals surface area contributed by atoms with E-state index in [-0.39, 0.29) is 0 Å². The van der Waals surface area contributed by atoms with Gasteiger partial charge in [0.1, 0.15) is 0 Å². The second-order valence-corrected chi connectivity index (χ2v) is 4.14. The first kappa shape index (κ1) is 8.05. The summed E-state index contributed by atoms with van der Waals surface area (Å²) in [7, 11) is 0. The molecular weight excluding hydrogens is 168 g/mol. The van der Waals surface area contributed by atoms with Gasteiger partial charge in [0.05, 0.1) is 0 Å². The van der Waals surface area contributed by atoms with Crippen molar-refractivity contribution < 1.29 is 0 Å². The molecule has 0 N–H and O–H groups in total. The molecule has 0 saturated heterocycles. The van der Waals surface area contributed by atoms with E-state index in [2.05, 4.69) is 36.5 Å². The smallest absolute Gasteiger partial charge is 0.0126 e. The Hall–Kier alpha value is -1.30. The van der Waals surface area contributed by atoms with Crippen LogP contribution in [0.5, 0.6) is 0 Å². The lowest BCUT2D eigenvalue weighted by Gasteiger charge is -2.25. The highest BCUT2D eigenvalue weighted by atomic mass is 14.3. The Balaban J connectivity index is 2.21. The summed E-state index contributed by atoms with van der Waals surface area (Å²) in [5.41, 5.74) is 6.19. The second kappa shape index (κ2) is 3.13. The first-order valence-corrected chi connectivity index (χ1v) is 5.42. The molecule has 0 aromatic rings. The van der Waals surface area contributed by atoms with Crippen molar-refractivity contribution in [2.75, 3.05) is 0 Å². The number of hydrogen-bond donors (Lipinski definition) is 0. The quantitative estimate of drug-likeness (QED) is 0.534. The van der Waals surface area contributed by atoms with Crippen molar-refractivity contribution in [3.8, 4) is 0 Å².